The Labute approximate surface area is 166 Å². The first kappa shape index (κ1) is 18.0. The Morgan fingerprint density at radius 1 is 1.07 bits per heavy atom. The molecule has 0 radical (unpaired) electrons. The van der Waals surface area contributed by atoms with Gasteiger partial charge in [0.15, 0.2) is 11.5 Å². The molecule has 1 N–H and O–H groups in total. The molecule has 4 rings (SSSR count). The lowest BCUT2D eigenvalue weighted by Gasteiger charge is -2.07. The van der Waals surface area contributed by atoms with Crippen molar-refractivity contribution in [3.8, 4) is 17.1 Å². The summed E-state index contributed by atoms with van der Waals surface area (Å²) in [5.41, 5.74) is 3.01. The van der Waals surface area contributed by atoms with Gasteiger partial charge in [0, 0.05) is 28.9 Å². The molecular formula is C21H17ClN4O2. The molecule has 0 unspecified atom stereocenters. The standard InChI is InChI=1S/C21H17ClN4O2/c1-28-18-8-2-14(3-9-18)13-23-21(27)16-10-11-26-19(12-16)24-25-20(26)15-4-6-17(22)7-5-15/h2-12H,13H2,1H3,(H,23,27). The van der Waals surface area contributed by atoms with E-state index in [0.717, 1.165) is 16.9 Å². The van der Waals surface area contributed by atoms with Gasteiger partial charge >= 0.3 is 0 Å². The van der Waals surface area contributed by atoms with E-state index in [9.17, 15) is 4.79 Å². The highest BCUT2D eigenvalue weighted by molar-refractivity contribution is 6.30. The van der Waals surface area contributed by atoms with Gasteiger partial charge in [0.25, 0.3) is 5.91 Å². The number of nitrogens with zero attached hydrogens (tertiary/aromatic N) is 3. The van der Waals surface area contributed by atoms with E-state index in [1.54, 1.807) is 37.6 Å². The molecule has 0 aliphatic carbocycles. The van der Waals surface area contributed by atoms with Gasteiger partial charge < -0.3 is 10.1 Å². The molecule has 1 amide bonds. The number of fused-ring (bicyclic) bond motifs is 1. The molecule has 0 atom stereocenters. The fourth-order valence-corrected chi connectivity index (χ4v) is 2.98. The summed E-state index contributed by atoms with van der Waals surface area (Å²) >= 11 is 5.94. The van der Waals surface area contributed by atoms with E-state index in [1.807, 2.05) is 40.8 Å². The van der Waals surface area contributed by atoms with Gasteiger partial charge in [-0.3, -0.25) is 9.20 Å². The number of methoxy groups -OCH3 is 1. The highest BCUT2D eigenvalue weighted by Crippen LogP contribution is 2.21. The van der Waals surface area contributed by atoms with E-state index in [4.69, 9.17) is 16.3 Å². The molecule has 2 aromatic heterocycles. The lowest BCUT2D eigenvalue weighted by molar-refractivity contribution is 0.0951. The molecule has 28 heavy (non-hydrogen) atoms. The first-order chi connectivity index (χ1) is 13.6. The van der Waals surface area contributed by atoms with E-state index < -0.39 is 0 Å². The monoisotopic (exact) mass is 392 g/mol. The van der Waals surface area contributed by atoms with Gasteiger partial charge in [-0.15, -0.1) is 10.2 Å². The third-order valence-corrected chi connectivity index (χ3v) is 4.64. The zero-order valence-electron chi connectivity index (χ0n) is 15.1. The van der Waals surface area contributed by atoms with Crippen LogP contribution in [0.15, 0.2) is 66.9 Å². The molecule has 0 spiro atoms. The van der Waals surface area contributed by atoms with Crippen molar-refractivity contribution >= 4 is 23.2 Å². The van der Waals surface area contributed by atoms with Crippen LogP contribution in [0.5, 0.6) is 5.75 Å². The summed E-state index contributed by atoms with van der Waals surface area (Å²) in [6, 6.07) is 18.4. The third-order valence-electron chi connectivity index (χ3n) is 4.39. The Morgan fingerprint density at radius 2 is 1.82 bits per heavy atom. The molecule has 4 aromatic rings. The van der Waals surface area contributed by atoms with Crippen molar-refractivity contribution in [2.24, 2.45) is 0 Å². The van der Waals surface area contributed by atoms with Gasteiger partial charge in [-0.25, -0.2) is 0 Å². The zero-order valence-corrected chi connectivity index (χ0v) is 15.8. The molecule has 7 heteroatoms. The van der Waals surface area contributed by atoms with Crippen molar-refractivity contribution in [1.82, 2.24) is 19.9 Å². The summed E-state index contributed by atoms with van der Waals surface area (Å²) in [5, 5.41) is 12.0. The fraction of sp³-hybridized carbons (Fsp3) is 0.0952. The highest BCUT2D eigenvalue weighted by atomic mass is 35.5. The van der Waals surface area contributed by atoms with E-state index in [0.29, 0.717) is 28.6 Å². The summed E-state index contributed by atoms with van der Waals surface area (Å²) in [6.45, 7) is 0.427. The Morgan fingerprint density at radius 3 is 2.54 bits per heavy atom. The van der Waals surface area contributed by atoms with E-state index in [1.165, 1.54) is 0 Å². The van der Waals surface area contributed by atoms with Gasteiger partial charge in [0.05, 0.1) is 7.11 Å². The van der Waals surface area contributed by atoms with Crippen molar-refractivity contribution in [2.75, 3.05) is 7.11 Å². The van der Waals surface area contributed by atoms with E-state index in [2.05, 4.69) is 15.5 Å². The predicted octanol–water partition coefficient (Wildman–Crippen LogP) is 3.99. The van der Waals surface area contributed by atoms with Crippen LogP contribution in [0.25, 0.3) is 17.0 Å². The van der Waals surface area contributed by atoms with E-state index in [-0.39, 0.29) is 5.91 Å². The average molecular weight is 393 g/mol. The maximum Gasteiger partial charge on any atom is 0.251 e. The van der Waals surface area contributed by atoms with Crippen molar-refractivity contribution in [3.05, 3.63) is 83.0 Å². The quantitative estimate of drug-likeness (QED) is 0.557. The second-order valence-corrected chi connectivity index (χ2v) is 6.64. The van der Waals surface area contributed by atoms with Crippen molar-refractivity contribution in [1.29, 1.82) is 0 Å². The van der Waals surface area contributed by atoms with Gasteiger partial charge in [0.1, 0.15) is 5.75 Å². The second-order valence-electron chi connectivity index (χ2n) is 6.20. The van der Waals surface area contributed by atoms with Crippen LogP contribution in [0.3, 0.4) is 0 Å². The number of hydrogen-bond donors (Lipinski definition) is 1. The molecule has 0 bridgehead atoms. The molecule has 0 aliphatic heterocycles. The number of halogens is 1. The number of ether oxygens (including phenoxy) is 1. The number of carbonyl (C=O) groups is 1. The highest BCUT2D eigenvalue weighted by Gasteiger charge is 2.12. The maximum absolute atomic E-state index is 12.5. The molecule has 0 saturated heterocycles. The van der Waals surface area contributed by atoms with Gasteiger partial charge in [-0.05, 0) is 54.1 Å². The van der Waals surface area contributed by atoms with Crippen LogP contribution in [0.2, 0.25) is 5.02 Å². The molecule has 140 valence electrons. The number of nitrogens with one attached hydrogen (secondary N) is 1. The lowest BCUT2D eigenvalue weighted by Crippen LogP contribution is -2.22. The van der Waals surface area contributed by atoms with Crippen LogP contribution in [0.4, 0.5) is 0 Å². The largest absolute Gasteiger partial charge is 0.497 e. The van der Waals surface area contributed by atoms with Crippen LogP contribution in [-0.4, -0.2) is 27.6 Å². The maximum atomic E-state index is 12.5. The van der Waals surface area contributed by atoms with Crippen molar-refractivity contribution < 1.29 is 9.53 Å². The summed E-state index contributed by atoms with van der Waals surface area (Å²) in [5.74, 6) is 1.30. The number of amides is 1. The summed E-state index contributed by atoms with van der Waals surface area (Å²) in [7, 11) is 1.62. The topological polar surface area (TPSA) is 68.5 Å². The minimum Gasteiger partial charge on any atom is -0.497 e. The summed E-state index contributed by atoms with van der Waals surface area (Å²) in [4.78, 5) is 12.5. The van der Waals surface area contributed by atoms with Crippen LogP contribution in [0, 0.1) is 0 Å². The molecule has 6 nitrogen and oxygen atoms in total. The first-order valence-corrected chi connectivity index (χ1v) is 9.04. The number of aromatic nitrogens is 3. The minimum atomic E-state index is -0.172. The number of carbonyl (C=O) groups excluding carboxylic acids is 1. The molecular weight excluding hydrogens is 376 g/mol. The fourth-order valence-electron chi connectivity index (χ4n) is 2.86. The van der Waals surface area contributed by atoms with Crippen LogP contribution in [-0.2, 0) is 6.54 Å². The minimum absolute atomic E-state index is 0.172. The van der Waals surface area contributed by atoms with Crippen molar-refractivity contribution in [3.63, 3.8) is 0 Å². The number of rotatable bonds is 5. The molecule has 0 saturated carbocycles. The normalized spacial score (nSPS) is 10.8. The summed E-state index contributed by atoms with van der Waals surface area (Å²) < 4.78 is 6.97. The van der Waals surface area contributed by atoms with Crippen LogP contribution < -0.4 is 10.1 Å². The molecule has 0 fully saturated rings. The van der Waals surface area contributed by atoms with Gasteiger partial charge in [-0.2, -0.15) is 0 Å². The Kier molecular flexibility index (Phi) is 4.95. The van der Waals surface area contributed by atoms with Crippen LogP contribution in [0.1, 0.15) is 15.9 Å². The first-order valence-electron chi connectivity index (χ1n) is 8.66. The molecule has 0 aliphatic rings. The third kappa shape index (κ3) is 3.68. The van der Waals surface area contributed by atoms with Crippen molar-refractivity contribution in [2.45, 2.75) is 6.54 Å². The summed E-state index contributed by atoms with van der Waals surface area (Å²) in [6.07, 6.45) is 1.79. The van der Waals surface area contributed by atoms with Gasteiger partial charge in [-0.1, -0.05) is 23.7 Å². The molecule has 2 heterocycles. The van der Waals surface area contributed by atoms with Gasteiger partial charge in [0.2, 0.25) is 0 Å². The second kappa shape index (κ2) is 7.70. The SMILES string of the molecule is COc1ccc(CNC(=O)c2ccn3c(-c4ccc(Cl)cc4)nnc3c2)cc1. The van der Waals surface area contributed by atoms with Crippen LogP contribution >= 0.6 is 11.6 Å². The lowest BCUT2D eigenvalue weighted by atomic mass is 10.2. The number of benzene rings is 2. The zero-order chi connectivity index (χ0) is 19.5. The Bertz CT molecular complexity index is 1120. The Hall–Kier alpha value is -3.38. The number of hydrogen-bond acceptors (Lipinski definition) is 4. The smallest absolute Gasteiger partial charge is 0.251 e. The molecule has 2 aromatic carbocycles. The number of pyridine rings is 1. The Balaban J connectivity index is 1.51. The van der Waals surface area contributed by atoms with E-state index >= 15 is 0 Å². The average Bonchev–Trinajstić information content (AvgIpc) is 3.16. The predicted molar refractivity (Wildman–Crippen MR) is 108 cm³/mol.